The smallest absolute Gasteiger partial charge is 0.326 e. The van der Waals surface area contributed by atoms with E-state index in [-0.39, 0.29) is 54.4 Å². The Kier molecular flexibility index (Phi) is 11.5. The van der Waals surface area contributed by atoms with Gasteiger partial charge < -0.3 is 20.6 Å². The molecule has 0 unspecified atom stereocenters. The third-order valence-corrected chi connectivity index (χ3v) is 8.87. The maximum absolute atomic E-state index is 13.8. The molecule has 1 amide bonds. The molecule has 0 saturated carbocycles. The highest BCUT2D eigenvalue weighted by Gasteiger charge is 2.39. The summed E-state index contributed by atoms with van der Waals surface area (Å²) in [5, 5.41) is 17.5. The molecule has 1 saturated heterocycles. The number of rotatable bonds is 8. The molecule has 2 aromatic carbocycles. The van der Waals surface area contributed by atoms with Gasteiger partial charge in [-0.1, -0.05) is 31.2 Å². The van der Waals surface area contributed by atoms with Gasteiger partial charge in [0.15, 0.2) is 0 Å². The van der Waals surface area contributed by atoms with Crippen molar-refractivity contribution in [2.75, 3.05) is 20.1 Å². The van der Waals surface area contributed by atoms with Gasteiger partial charge in [0.2, 0.25) is 15.9 Å². The first kappa shape index (κ1) is 33.5. The summed E-state index contributed by atoms with van der Waals surface area (Å²) in [7, 11) is -2.14. The third-order valence-electron chi connectivity index (χ3n) is 7.40. The third kappa shape index (κ3) is 7.73. The van der Waals surface area contributed by atoms with Crippen LogP contribution < -0.4 is 10.5 Å². The Morgan fingerprint density at radius 1 is 1.15 bits per heavy atom. The first-order valence-electron chi connectivity index (χ1n) is 12.7. The van der Waals surface area contributed by atoms with Crippen LogP contribution in [0.1, 0.15) is 42.0 Å². The lowest BCUT2D eigenvalue weighted by Crippen LogP contribution is -2.57. The molecular formula is C27H37Cl2N5O5S. The maximum atomic E-state index is 13.8. The van der Waals surface area contributed by atoms with Gasteiger partial charge in [-0.05, 0) is 73.5 Å². The van der Waals surface area contributed by atoms with Crippen LogP contribution in [0.5, 0.6) is 0 Å². The number of nitrogens with one attached hydrogen (secondary N) is 2. The number of carboxylic acid groups (broad SMARTS) is 1. The Morgan fingerprint density at radius 3 is 2.55 bits per heavy atom. The van der Waals surface area contributed by atoms with Gasteiger partial charge in [0.05, 0.1) is 4.90 Å². The molecule has 2 heterocycles. The molecule has 2 aliphatic heterocycles. The maximum Gasteiger partial charge on any atom is 0.326 e. The van der Waals surface area contributed by atoms with Gasteiger partial charge in [0.25, 0.3) is 0 Å². The van der Waals surface area contributed by atoms with Crippen LogP contribution in [-0.4, -0.2) is 73.3 Å². The van der Waals surface area contributed by atoms with Crippen LogP contribution in [0.15, 0.2) is 47.4 Å². The molecular weight excluding hydrogens is 577 g/mol. The fraction of sp³-hybridized carbons (Fsp3) is 0.444. The van der Waals surface area contributed by atoms with Crippen molar-refractivity contribution in [3.8, 4) is 0 Å². The van der Waals surface area contributed by atoms with Crippen molar-refractivity contribution in [3.63, 3.8) is 0 Å². The summed E-state index contributed by atoms with van der Waals surface area (Å²) < 4.78 is 29.7. The number of amides is 1. The van der Waals surface area contributed by atoms with E-state index >= 15 is 0 Å². The second-order valence-electron chi connectivity index (χ2n) is 10.4. The number of nitrogen functional groups attached to an aromatic ring is 1. The van der Waals surface area contributed by atoms with E-state index in [0.29, 0.717) is 30.5 Å². The number of carbonyl (C=O) groups excluding carboxylic acids is 1. The summed E-state index contributed by atoms with van der Waals surface area (Å²) in [6.07, 6.45) is 1.74. The molecule has 0 aromatic heterocycles. The average molecular weight is 615 g/mol. The summed E-state index contributed by atoms with van der Waals surface area (Å²) in [6.45, 7) is 3.70. The molecule has 0 bridgehead atoms. The fourth-order valence-electron chi connectivity index (χ4n) is 5.22. The Balaban J connectivity index is 0.00000280. The minimum atomic E-state index is -4.12. The number of aliphatic carboxylic acids is 1. The number of likely N-dealkylation sites (N-methyl/N-ethyl adjacent to an activating group) is 1. The number of hydrogen-bond acceptors (Lipinski definition) is 6. The molecule has 1 fully saturated rings. The van der Waals surface area contributed by atoms with Crippen LogP contribution in [0, 0.1) is 11.3 Å². The highest BCUT2D eigenvalue weighted by Crippen LogP contribution is 2.26. The summed E-state index contributed by atoms with van der Waals surface area (Å²) >= 11 is 0. The molecule has 4 rings (SSSR count). The van der Waals surface area contributed by atoms with E-state index in [1.54, 1.807) is 36.4 Å². The summed E-state index contributed by atoms with van der Waals surface area (Å²) in [6, 6.07) is 9.45. The second kappa shape index (κ2) is 13.8. The molecule has 3 atom stereocenters. The first-order valence-corrected chi connectivity index (χ1v) is 14.2. The quantitative estimate of drug-likeness (QED) is 0.263. The number of fused-ring (bicyclic) bond motifs is 1. The first-order chi connectivity index (χ1) is 17.9. The summed E-state index contributed by atoms with van der Waals surface area (Å²) in [4.78, 5) is 29.3. The predicted octanol–water partition coefficient (Wildman–Crippen LogP) is 2.40. The molecule has 0 spiro atoms. The zero-order valence-corrected chi connectivity index (χ0v) is 24.9. The lowest BCUT2D eigenvalue weighted by Gasteiger charge is -2.38. The highest BCUT2D eigenvalue weighted by molar-refractivity contribution is 7.89. The molecule has 2 aromatic rings. The second-order valence-corrected chi connectivity index (χ2v) is 12.1. The topological polar surface area (TPSA) is 157 Å². The SMILES string of the molecule is C[C@@H]1CCN(C(=O)[C@@H](Cc2cccc(C(=N)N)c2)NS(=O)(=O)c2ccc3c(c2)CN(C)CC3)[C@@H](C(=O)O)C1.Cl.Cl. The van der Waals surface area contributed by atoms with Crippen molar-refractivity contribution >= 4 is 52.5 Å². The largest absolute Gasteiger partial charge is 0.480 e. The Hall–Kier alpha value is -2.70. The van der Waals surface area contributed by atoms with E-state index in [2.05, 4.69) is 9.62 Å². The normalized spacial score (nSPS) is 19.9. The lowest BCUT2D eigenvalue weighted by atomic mass is 9.91. The van der Waals surface area contributed by atoms with E-state index < -0.39 is 34.0 Å². The highest BCUT2D eigenvalue weighted by atomic mass is 35.5. The molecule has 0 radical (unpaired) electrons. The minimum absolute atomic E-state index is 0. The summed E-state index contributed by atoms with van der Waals surface area (Å²) in [5.41, 5.74) is 8.70. The zero-order valence-electron chi connectivity index (χ0n) is 22.5. The van der Waals surface area contributed by atoms with E-state index in [9.17, 15) is 23.1 Å². The Bertz CT molecular complexity index is 1360. The molecule has 0 aliphatic carbocycles. The molecule has 220 valence electrons. The van der Waals surface area contributed by atoms with Gasteiger partial charge in [-0.25, -0.2) is 13.2 Å². The predicted molar refractivity (Wildman–Crippen MR) is 158 cm³/mol. The fourth-order valence-corrected chi connectivity index (χ4v) is 6.46. The van der Waals surface area contributed by atoms with Crippen molar-refractivity contribution in [3.05, 3.63) is 64.7 Å². The van der Waals surface area contributed by atoms with Crippen LogP contribution in [0.25, 0.3) is 0 Å². The van der Waals surface area contributed by atoms with E-state index in [4.69, 9.17) is 11.1 Å². The standard InChI is InChI=1S/C27H35N5O5S.2ClH/c1-17-8-11-32(24(12-17)27(34)35)26(33)23(14-18-4-3-5-20(13-18)25(28)29)30-38(36,37)22-7-6-19-9-10-31(2)16-21(19)15-22;;/h3-7,13,15,17,23-24,30H,8-12,14,16H2,1-2H3,(H3,28,29)(H,34,35);2*1H/t17-,23-,24-;;/m1../s1. The molecule has 10 nitrogen and oxygen atoms in total. The van der Waals surface area contributed by atoms with Crippen molar-refractivity contribution in [2.45, 2.75) is 56.1 Å². The van der Waals surface area contributed by atoms with Gasteiger partial charge in [0, 0.05) is 25.2 Å². The number of likely N-dealkylation sites (tertiary alicyclic amines) is 1. The summed E-state index contributed by atoms with van der Waals surface area (Å²) in [5.74, 6) is -1.70. The van der Waals surface area contributed by atoms with E-state index in [1.807, 2.05) is 20.0 Å². The van der Waals surface area contributed by atoms with Crippen LogP contribution in [0.4, 0.5) is 0 Å². The number of halogens is 2. The zero-order chi connectivity index (χ0) is 27.6. The van der Waals surface area contributed by atoms with Crippen molar-refractivity contribution in [1.82, 2.24) is 14.5 Å². The number of benzene rings is 2. The van der Waals surface area contributed by atoms with Gasteiger partial charge in [-0.2, -0.15) is 4.72 Å². The number of sulfonamides is 1. The Labute approximate surface area is 247 Å². The van der Waals surface area contributed by atoms with Crippen LogP contribution >= 0.6 is 24.8 Å². The van der Waals surface area contributed by atoms with Gasteiger partial charge in [-0.3, -0.25) is 10.2 Å². The number of hydrogen-bond donors (Lipinski definition) is 4. The number of nitrogens with zero attached hydrogens (tertiary/aromatic N) is 2. The van der Waals surface area contributed by atoms with Gasteiger partial charge >= 0.3 is 5.97 Å². The lowest BCUT2D eigenvalue weighted by molar-refractivity contribution is -0.153. The molecule has 2 aliphatic rings. The number of piperidine rings is 1. The number of amidine groups is 1. The molecule has 13 heteroatoms. The average Bonchev–Trinajstić information content (AvgIpc) is 2.87. The van der Waals surface area contributed by atoms with Crippen LogP contribution in [0.3, 0.4) is 0 Å². The van der Waals surface area contributed by atoms with E-state index in [1.165, 1.54) is 4.90 Å². The molecule has 5 N–H and O–H groups in total. The van der Waals surface area contributed by atoms with Gasteiger partial charge in [-0.15, -0.1) is 24.8 Å². The van der Waals surface area contributed by atoms with Crippen LogP contribution in [-0.2, 0) is 39.0 Å². The number of carbonyl (C=O) groups is 2. The van der Waals surface area contributed by atoms with Gasteiger partial charge in [0.1, 0.15) is 17.9 Å². The monoisotopic (exact) mass is 613 g/mol. The minimum Gasteiger partial charge on any atom is -0.480 e. The van der Waals surface area contributed by atoms with Crippen molar-refractivity contribution in [1.29, 1.82) is 5.41 Å². The Morgan fingerprint density at radius 2 is 1.88 bits per heavy atom. The van der Waals surface area contributed by atoms with E-state index in [0.717, 1.165) is 24.1 Å². The number of carboxylic acids is 1. The van der Waals surface area contributed by atoms with Crippen molar-refractivity contribution in [2.24, 2.45) is 11.7 Å². The molecule has 40 heavy (non-hydrogen) atoms. The number of nitrogens with two attached hydrogens (primary N) is 1. The van der Waals surface area contributed by atoms with Crippen molar-refractivity contribution < 1.29 is 23.1 Å². The van der Waals surface area contributed by atoms with Crippen LogP contribution in [0.2, 0.25) is 0 Å².